The standard InChI is InChI=1S/C25H32N2O3S2/c1-4-20(3)31-23-10-11-24(19(2)18-23)26-25(28)22-12-15-27(16-13-22)32(29,30)17-14-21-8-6-5-7-9-21/h5-11,14,17-18,20,22H,4,12-13,15-16H2,1-3H3,(H,26,28)/b17-14+. The second kappa shape index (κ2) is 11.2. The van der Waals surface area contributed by atoms with Gasteiger partial charge in [0.1, 0.15) is 0 Å². The number of carbonyl (C=O) groups is 1. The van der Waals surface area contributed by atoms with Crippen LogP contribution in [-0.2, 0) is 14.8 Å². The average Bonchev–Trinajstić information content (AvgIpc) is 2.80. The van der Waals surface area contributed by atoms with Crippen molar-refractivity contribution < 1.29 is 13.2 Å². The summed E-state index contributed by atoms with van der Waals surface area (Å²) in [5.74, 6) is -0.222. The van der Waals surface area contributed by atoms with Crippen molar-refractivity contribution in [3.63, 3.8) is 0 Å². The highest BCUT2D eigenvalue weighted by Crippen LogP contribution is 2.29. The van der Waals surface area contributed by atoms with Crippen LogP contribution in [0, 0.1) is 12.8 Å². The quantitative estimate of drug-likeness (QED) is 0.513. The van der Waals surface area contributed by atoms with E-state index in [1.165, 1.54) is 14.6 Å². The summed E-state index contributed by atoms with van der Waals surface area (Å²) < 4.78 is 26.7. The maximum Gasteiger partial charge on any atom is 0.236 e. The van der Waals surface area contributed by atoms with E-state index in [4.69, 9.17) is 0 Å². The van der Waals surface area contributed by atoms with Crippen LogP contribution in [0.4, 0.5) is 5.69 Å². The summed E-state index contributed by atoms with van der Waals surface area (Å²) in [7, 11) is -3.49. The minimum absolute atomic E-state index is 0.0349. The first-order valence-electron chi connectivity index (χ1n) is 11.1. The number of thioether (sulfide) groups is 1. The molecule has 1 unspecified atom stereocenters. The molecule has 3 rings (SSSR count). The molecule has 2 aromatic rings. The van der Waals surface area contributed by atoms with E-state index in [1.54, 1.807) is 6.08 Å². The zero-order chi connectivity index (χ0) is 23.1. The molecule has 1 atom stereocenters. The van der Waals surface area contributed by atoms with E-state index >= 15 is 0 Å². The monoisotopic (exact) mass is 472 g/mol. The number of rotatable bonds is 8. The average molecular weight is 473 g/mol. The van der Waals surface area contributed by atoms with Crippen LogP contribution in [-0.4, -0.2) is 37.0 Å². The Morgan fingerprint density at radius 2 is 1.88 bits per heavy atom. The maximum absolute atomic E-state index is 12.8. The summed E-state index contributed by atoms with van der Waals surface area (Å²) in [6.07, 6.45) is 3.76. The Morgan fingerprint density at radius 1 is 1.19 bits per heavy atom. The Bertz CT molecular complexity index is 1040. The van der Waals surface area contributed by atoms with Crippen LogP contribution in [0.3, 0.4) is 0 Å². The van der Waals surface area contributed by atoms with Crippen LogP contribution in [0.5, 0.6) is 0 Å². The van der Waals surface area contributed by atoms with E-state index in [0.717, 1.165) is 23.2 Å². The molecule has 1 fully saturated rings. The lowest BCUT2D eigenvalue weighted by Crippen LogP contribution is -2.40. The maximum atomic E-state index is 12.8. The SMILES string of the molecule is CCC(C)Sc1ccc(NC(=O)C2CCN(S(=O)(=O)/C=C/c3ccccc3)CC2)c(C)c1. The van der Waals surface area contributed by atoms with Crippen LogP contribution in [0.15, 0.2) is 58.8 Å². The highest BCUT2D eigenvalue weighted by Gasteiger charge is 2.30. The molecule has 1 aliphatic heterocycles. The van der Waals surface area contributed by atoms with Crippen molar-refractivity contribution in [2.75, 3.05) is 18.4 Å². The third kappa shape index (κ3) is 6.70. The number of hydrogen-bond acceptors (Lipinski definition) is 4. The zero-order valence-electron chi connectivity index (χ0n) is 19.0. The van der Waals surface area contributed by atoms with Crippen molar-refractivity contribution in [1.82, 2.24) is 4.31 Å². The minimum atomic E-state index is -3.49. The van der Waals surface area contributed by atoms with E-state index in [2.05, 4.69) is 25.2 Å². The molecule has 0 aromatic heterocycles. The van der Waals surface area contributed by atoms with Crippen LogP contribution < -0.4 is 5.32 Å². The van der Waals surface area contributed by atoms with Crippen LogP contribution in [0.2, 0.25) is 0 Å². The summed E-state index contributed by atoms with van der Waals surface area (Å²) in [5.41, 5.74) is 2.70. The molecule has 1 aliphatic rings. The molecule has 0 spiro atoms. The molecule has 5 nitrogen and oxygen atoms in total. The molecule has 0 aliphatic carbocycles. The molecule has 0 radical (unpaired) electrons. The van der Waals surface area contributed by atoms with Crippen molar-refractivity contribution in [3.05, 3.63) is 65.1 Å². The number of hydrogen-bond donors (Lipinski definition) is 1. The Hall–Kier alpha value is -2.09. The second-order valence-electron chi connectivity index (χ2n) is 8.23. The predicted molar refractivity (Wildman–Crippen MR) is 134 cm³/mol. The highest BCUT2D eigenvalue weighted by atomic mass is 32.2. The summed E-state index contributed by atoms with van der Waals surface area (Å²) in [4.78, 5) is 14.0. The van der Waals surface area contributed by atoms with E-state index < -0.39 is 10.0 Å². The van der Waals surface area contributed by atoms with Gasteiger partial charge in [0, 0.05) is 40.2 Å². The number of nitrogens with zero attached hydrogens (tertiary/aromatic N) is 1. The fraction of sp³-hybridized carbons (Fsp3) is 0.400. The van der Waals surface area contributed by atoms with Gasteiger partial charge >= 0.3 is 0 Å². The van der Waals surface area contributed by atoms with Gasteiger partial charge in [0.05, 0.1) is 0 Å². The van der Waals surface area contributed by atoms with Crippen molar-refractivity contribution in [2.45, 2.75) is 50.2 Å². The molecular weight excluding hydrogens is 440 g/mol. The second-order valence-corrected chi connectivity index (χ2v) is 11.6. The van der Waals surface area contributed by atoms with Gasteiger partial charge < -0.3 is 5.32 Å². The van der Waals surface area contributed by atoms with Crippen LogP contribution in [0.25, 0.3) is 6.08 Å². The van der Waals surface area contributed by atoms with Crippen molar-refractivity contribution in [2.24, 2.45) is 5.92 Å². The van der Waals surface area contributed by atoms with Gasteiger partial charge in [-0.1, -0.05) is 44.2 Å². The molecular formula is C25H32N2O3S2. The molecule has 0 bridgehead atoms. The Balaban J connectivity index is 1.55. The lowest BCUT2D eigenvalue weighted by molar-refractivity contribution is -0.120. The van der Waals surface area contributed by atoms with Crippen molar-refractivity contribution in [3.8, 4) is 0 Å². The summed E-state index contributed by atoms with van der Waals surface area (Å²) in [5, 5.41) is 4.85. The molecule has 1 heterocycles. The van der Waals surface area contributed by atoms with Crippen molar-refractivity contribution >= 4 is 39.5 Å². The largest absolute Gasteiger partial charge is 0.326 e. The van der Waals surface area contributed by atoms with Gasteiger partial charge in [0.15, 0.2) is 0 Å². The Morgan fingerprint density at radius 3 is 2.50 bits per heavy atom. The number of carbonyl (C=O) groups excluding carboxylic acids is 1. The van der Waals surface area contributed by atoms with Crippen LogP contribution >= 0.6 is 11.8 Å². The molecule has 1 N–H and O–H groups in total. The Labute approximate surface area is 196 Å². The summed E-state index contributed by atoms with van der Waals surface area (Å²) >= 11 is 1.84. The number of piperidine rings is 1. The molecule has 2 aromatic carbocycles. The van der Waals surface area contributed by atoms with E-state index in [0.29, 0.717) is 31.2 Å². The normalized spacial score (nSPS) is 16.8. The van der Waals surface area contributed by atoms with Gasteiger partial charge in [-0.15, -0.1) is 11.8 Å². The Kier molecular flexibility index (Phi) is 8.57. The minimum Gasteiger partial charge on any atom is -0.326 e. The number of sulfonamides is 1. The first kappa shape index (κ1) is 24.6. The fourth-order valence-electron chi connectivity index (χ4n) is 3.59. The molecule has 1 saturated heterocycles. The van der Waals surface area contributed by atoms with Gasteiger partial charge in [-0.05, 0) is 61.6 Å². The number of aryl methyl sites for hydroxylation is 1. The summed E-state index contributed by atoms with van der Waals surface area (Å²) in [6.45, 7) is 7.09. The molecule has 32 heavy (non-hydrogen) atoms. The number of anilines is 1. The van der Waals surface area contributed by atoms with E-state index in [1.807, 2.05) is 61.2 Å². The number of nitrogens with one attached hydrogen (secondary N) is 1. The molecule has 7 heteroatoms. The lowest BCUT2D eigenvalue weighted by Gasteiger charge is -2.29. The zero-order valence-corrected chi connectivity index (χ0v) is 20.6. The third-order valence-corrected chi connectivity index (χ3v) is 8.61. The topological polar surface area (TPSA) is 66.5 Å². The smallest absolute Gasteiger partial charge is 0.236 e. The van der Waals surface area contributed by atoms with Gasteiger partial charge in [-0.3, -0.25) is 4.79 Å². The first-order valence-corrected chi connectivity index (χ1v) is 13.5. The predicted octanol–water partition coefficient (Wildman–Crippen LogP) is 5.54. The number of benzene rings is 2. The van der Waals surface area contributed by atoms with Gasteiger partial charge in [0.25, 0.3) is 0 Å². The number of amides is 1. The highest BCUT2D eigenvalue weighted by molar-refractivity contribution is 8.00. The molecule has 0 saturated carbocycles. The fourth-order valence-corrected chi connectivity index (χ4v) is 5.83. The molecule has 172 valence electrons. The van der Waals surface area contributed by atoms with Gasteiger partial charge in [0.2, 0.25) is 15.9 Å². The van der Waals surface area contributed by atoms with Crippen LogP contribution in [0.1, 0.15) is 44.2 Å². The van der Waals surface area contributed by atoms with E-state index in [-0.39, 0.29) is 11.8 Å². The van der Waals surface area contributed by atoms with Gasteiger partial charge in [-0.2, -0.15) is 4.31 Å². The van der Waals surface area contributed by atoms with E-state index in [9.17, 15) is 13.2 Å². The summed E-state index contributed by atoms with van der Waals surface area (Å²) in [6, 6.07) is 15.5. The first-order chi connectivity index (χ1) is 15.3. The lowest BCUT2D eigenvalue weighted by atomic mass is 9.97. The third-order valence-electron chi connectivity index (χ3n) is 5.78. The van der Waals surface area contributed by atoms with Crippen molar-refractivity contribution in [1.29, 1.82) is 0 Å². The molecule has 1 amide bonds. The van der Waals surface area contributed by atoms with Gasteiger partial charge in [-0.25, -0.2) is 8.42 Å².